The molecule has 0 spiro atoms. The van der Waals surface area contributed by atoms with Gasteiger partial charge in [-0.25, -0.2) is 0 Å². The van der Waals surface area contributed by atoms with Gasteiger partial charge in [0.05, 0.1) is 9.21 Å². The Morgan fingerprint density at radius 2 is 1.70 bits per heavy atom. The molecule has 1 aromatic carbocycles. The second kappa shape index (κ2) is 10.7. The minimum Gasteiger partial charge on any atom is -0.396 e. The monoisotopic (exact) mass is 489 g/mol. The third-order valence-corrected chi connectivity index (χ3v) is 7.59. The van der Waals surface area contributed by atoms with Crippen molar-refractivity contribution in [3.05, 3.63) is 51.2 Å². The van der Waals surface area contributed by atoms with Crippen LogP contribution in [0.4, 0.5) is 5.69 Å². The first-order chi connectivity index (χ1) is 15.9. The molecular weight excluding hydrogens is 462 g/mol. The van der Waals surface area contributed by atoms with Gasteiger partial charge in [-0.05, 0) is 68.0 Å². The summed E-state index contributed by atoms with van der Waals surface area (Å²) < 4.78 is 0.537. The molecule has 176 valence electrons. The first kappa shape index (κ1) is 23.7. The summed E-state index contributed by atoms with van der Waals surface area (Å²) in [5, 5.41) is 15.6. The van der Waals surface area contributed by atoms with Crippen molar-refractivity contribution in [2.24, 2.45) is 5.92 Å². The van der Waals surface area contributed by atoms with Gasteiger partial charge >= 0.3 is 0 Å². The molecule has 2 fully saturated rings. The topological polar surface area (TPSA) is 98.7 Å². The van der Waals surface area contributed by atoms with Crippen LogP contribution in [0.2, 0.25) is 4.34 Å². The Hall–Kier alpha value is -2.42. The molecule has 3 amide bonds. The van der Waals surface area contributed by atoms with Crippen LogP contribution in [-0.4, -0.2) is 48.1 Å². The average molecular weight is 490 g/mol. The van der Waals surface area contributed by atoms with E-state index in [1.807, 2.05) is 12.1 Å². The SMILES string of the molecule is O=C(N[C@@H]1C[C@@H](CO)C[C@H]1NC(=O)c1ccc(Cl)s1)c1ccc(N2CCCCCC2=O)cc1. The Morgan fingerprint density at radius 3 is 2.33 bits per heavy atom. The van der Waals surface area contributed by atoms with E-state index in [2.05, 4.69) is 10.6 Å². The van der Waals surface area contributed by atoms with Crippen molar-refractivity contribution in [1.29, 1.82) is 0 Å². The fourth-order valence-corrected chi connectivity index (χ4v) is 5.53. The lowest BCUT2D eigenvalue weighted by Gasteiger charge is -2.23. The molecule has 2 aliphatic rings. The van der Waals surface area contributed by atoms with Gasteiger partial charge in [0.15, 0.2) is 0 Å². The highest BCUT2D eigenvalue weighted by molar-refractivity contribution is 7.18. The maximum Gasteiger partial charge on any atom is 0.261 e. The van der Waals surface area contributed by atoms with Crippen molar-refractivity contribution in [2.45, 2.75) is 50.6 Å². The fourth-order valence-electron chi connectivity index (χ4n) is 4.59. The van der Waals surface area contributed by atoms with Gasteiger partial charge in [0.1, 0.15) is 0 Å². The second-order valence-electron chi connectivity index (χ2n) is 8.69. The molecule has 7 nitrogen and oxygen atoms in total. The lowest BCUT2D eigenvalue weighted by atomic mass is 10.1. The van der Waals surface area contributed by atoms with Crippen LogP contribution in [0, 0.1) is 5.92 Å². The second-order valence-corrected chi connectivity index (χ2v) is 10.4. The highest BCUT2D eigenvalue weighted by atomic mass is 35.5. The molecule has 2 aromatic rings. The standard InChI is InChI=1S/C24H28ClN3O4S/c25-21-10-9-20(33-21)24(32)27-19-13-15(14-29)12-18(19)26-23(31)16-5-7-17(8-6-16)28-11-3-1-2-4-22(28)30/h5-10,15,18-19,29H,1-4,11-14H2,(H,26,31)(H,27,32)/t15-,18-,19-/m1/s1. The Morgan fingerprint density at radius 1 is 1.00 bits per heavy atom. The molecule has 9 heteroatoms. The molecule has 4 rings (SSSR count). The summed E-state index contributed by atoms with van der Waals surface area (Å²) in [6.45, 7) is 0.702. The Kier molecular flexibility index (Phi) is 7.67. The lowest BCUT2D eigenvalue weighted by molar-refractivity contribution is -0.118. The lowest BCUT2D eigenvalue weighted by Crippen LogP contribution is -2.48. The number of amides is 3. The van der Waals surface area contributed by atoms with E-state index >= 15 is 0 Å². The van der Waals surface area contributed by atoms with Crippen LogP contribution in [0.3, 0.4) is 0 Å². The number of rotatable bonds is 6. The van der Waals surface area contributed by atoms with Crippen molar-refractivity contribution in [2.75, 3.05) is 18.1 Å². The van der Waals surface area contributed by atoms with Crippen molar-refractivity contribution in [3.8, 4) is 0 Å². The largest absolute Gasteiger partial charge is 0.396 e. The first-order valence-electron chi connectivity index (χ1n) is 11.3. The molecule has 0 unspecified atom stereocenters. The Bertz CT molecular complexity index is 1010. The molecule has 1 aliphatic heterocycles. The number of carbonyl (C=O) groups excluding carboxylic acids is 3. The number of nitrogens with one attached hydrogen (secondary N) is 2. The number of benzene rings is 1. The van der Waals surface area contributed by atoms with Gasteiger partial charge in [0, 0.05) is 42.9 Å². The summed E-state index contributed by atoms with van der Waals surface area (Å²) in [6.07, 6.45) is 4.67. The van der Waals surface area contributed by atoms with Gasteiger partial charge in [-0.15, -0.1) is 11.3 Å². The minimum atomic E-state index is -0.291. The third-order valence-electron chi connectivity index (χ3n) is 6.36. The third kappa shape index (κ3) is 5.75. The number of nitrogens with zero attached hydrogens (tertiary/aromatic N) is 1. The van der Waals surface area contributed by atoms with Crippen LogP contribution < -0.4 is 15.5 Å². The Balaban J connectivity index is 1.41. The number of halogens is 1. The van der Waals surface area contributed by atoms with Crippen LogP contribution >= 0.6 is 22.9 Å². The number of thiophene rings is 1. The van der Waals surface area contributed by atoms with Gasteiger partial charge in [0.2, 0.25) is 5.91 Å². The van der Waals surface area contributed by atoms with Crippen molar-refractivity contribution < 1.29 is 19.5 Å². The van der Waals surface area contributed by atoms with Crippen LogP contribution in [0.15, 0.2) is 36.4 Å². The van der Waals surface area contributed by atoms with E-state index in [4.69, 9.17) is 11.6 Å². The zero-order valence-corrected chi connectivity index (χ0v) is 19.8. The highest BCUT2D eigenvalue weighted by Gasteiger charge is 2.36. The summed E-state index contributed by atoms with van der Waals surface area (Å²) in [5.74, 6) is -0.354. The smallest absolute Gasteiger partial charge is 0.261 e. The predicted octanol–water partition coefficient (Wildman–Crippen LogP) is 3.61. The number of anilines is 1. The molecule has 1 aromatic heterocycles. The quantitative estimate of drug-likeness (QED) is 0.577. The molecule has 0 bridgehead atoms. The number of aliphatic hydroxyl groups is 1. The number of aliphatic hydroxyl groups excluding tert-OH is 1. The summed E-state index contributed by atoms with van der Waals surface area (Å²) in [7, 11) is 0. The van der Waals surface area contributed by atoms with Crippen LogP contribution in [0.25, 0.3) is 0 Å². The zero-order valence-electron chi connectivity index (χ0n) is 18.3. The number of hydrogen-bond acceptors (Lipinski definition) is 5. The highest BCUT2D eigenvalue weighted by Crippen LogP contribution is 2.28. The summed E-state index contributed by atoms with van der Waals surface area (Å²) in [5.41, 5.74) is 1.29. The van der Waals surface area contributed by atoms with Gasteiger partial charge in [0.25, 0.3) is 11.8 Å². The number of carbonyl (C=O) groups is 3. The number of hydrogen-bond donors (Lipinski definition) is 3. The summed E-state index contributed by atoms with van der Waals surface area (Å²) in [4.78, 5) is 40.1. The average Bonchev–Trinajstić information content (AvgIpc) is 3.35. The van der Waals surface area contributed by atoms with Crippen molar-refractivity contribution in [3.63, 3.8) is 0 Å². The van der Waals surface area contributed by atoms with Crippen LogP contribution in [0.1, 0.15) is 58.6 Å². The van der Waals surface area contributed by atoms with E-state index < -0.39 is 0 Å². The van der Waals surface area contributed by atoms with Crippen LogP contribution in [-0.2, 0) is 4.79 Å². The Labute approximate surface area is 202 Å². The van der Waals surface area contributed by atoms with Gasteiger partial charge in [-0.1, -0.05) is 18.0 Å². The van der Waals surface area contributed by atoms with E-state index in [0.717, 1.165) is 24.9 Å². The maximum absolute atomic E-state index is 12.9. The van der Waals surface area contributed by atoms with E-state index in [0.29, 0.717) is 40.6 Å². The normalized spacial score (nSPS) is 23.3. The molecule has 3 N–H and O–H groups in total. The van der Waals surface area contributed by atoms with Crippen LogP contribution in [0.5, 0.6) is 0 Å². The van der Waals surface area contributed by atoms with E-state index in [-0.39, 0.29) is 42.3 Å². The van der Waals surface area contributed by atoms with Gasteiger partial charge in [-0.2, -0.15) is 0 Å². The first-order valence-corrected chi connectivity index (χ1v) is 12.5. The zero-order chi connectivity index (χ0) is 23.4. The fraction of sp³-hybridized carbons (Fsp3) is 0.458. The molecule has 2 heterocycles. The predicted molar refractivity (Wildman–Crippen MR) is 129 cm³/mol. The maximum atomic E-state index is 12.9. The summed E-state index contributed by atoms with van der Waals surface area (Å²) in [6, 6.07) is 9.84. The van der Waals surface area contributed by atoms with Gasteiger partial charge in [-0.3, -0.25) is 14.4 Å². The molecule has 1 saturated heterocycles. The van der Waals surface area contributed by atoms with E-state index in [9.17, 15) is 19.5 Å². The van der Waals surface area contributed by atoms with Crippen molar-refractivity contribution in [1.82, 2.24) is 10.6 Å². The van der Waals surface area contributed by atoms with Crippen molar-refractivity contribution >= 4 is 46.3 Å². The van der Waals surface area contributed by atoms with E-state index in [1.54, 1.807) is 29.2 Å². The van der Waals surface area contributed by atoms with E-state index in [1.165, 1.54) is 11.3 Å². The molecule has 1 aliphatic carbocycles. The molecular formula is C24H28ClN3O4S. The summed E-state index contributed by atoms with van der Waals surface area (Å²) >= 11 is 7.14. The van der Waals surface area contributed by atoms with Gasteiger partial charge < -0.3 is 20.6 Å². The molecule has 0 radical (unpaired) electrons. The molecule has 3 atom stereocenters. The molecule has 1 saturated carbocycles. The molecule has 33 heavy (non-hydrogen) atoms. The minimum absolute atomic E-state index is 0.00211.